The van der Waals surface area contributed by atoms with Crippen molar-refractivity contribution in [1.29, 1.82) is 0 Å². The summed E-state index contributed by atoms with van der Waals surface area (Å²) in [4.78, 5) is 17.7. The molecule has 19 heavy (non-hydrogen) atoms. The molecule has 1 aromatic carbocycles. The summed E-state index contributed by atoms with van der Waals surface area (Å²) in [6.07, 6.45) is 2.86. The maximum absolute atomic E-state index is 11.9. The van der Waals surface area contributed by atoms with E-state index >= 15 is 0 Å². The van der Waals surface area contributed by atoms with Crippen LogP contribution in [-0.2, 0) is 11.3 Å². The molecule has 0 atom stereocenters. The van der Waals surface area contributed by atoms with Crippen molar-refractivity contribution >= 4 is 17.0 Å². The van der Waals surface area contributed by atoms with E-state index < -0.39 is 0 Å². The van der Waals surface area contributed by atoms with Gasteiger partial charge in [0.1, 0.15) is 5.52 Å². The van der Waals surface area contributed by atoms with E-state index in [0.717, 1.165) is 29.6 Å². The summed E-state index contributed by atoms with van der Waals surface area (Å²) >= 11 is 0. The predicted molar refractivity (Wildman–Crippen MR) is 73.6 cm³/mol. The molecule has 1 N–H and O–H groups in total. The molecule has 0 aliphatic carbocycles. The number of fused-ring (bicyclic) bond motifs is 1. The molecule has 1 aromatic heterocycles. The molecular weight excluding hydrogens is 242 g/mol. The smallest absolute Gasteiger partial charge is 0.222 e. The topological polar surface area (TPSA) is 58.4 Å². The van der Waals surface area contributed by atoms with E-state index in [1.165, 1.54) is 6.39 Å². The second kappa shape index (κ2) is 6.33. The van der Waals surface area contributed by atoms with E-state index in [4.69, 9.17) is 4.42 Å². The number of nitrogens with one attached hydrogen (secondary N) is 1. The van der Waals surface area contributed by atoms with Crippen molar-refractivity contribution < 1.29 is 9.21 Å². The number of hydrogen-bond acceptors (Lipinski definition) is 4. The highest BCUT2D eigenvalue weighted by atomic mass is 16.3. The van der Waals surface area contributed by atoms with Gasteiger partial charge in [0.25, 0.3) is 0 Å². The van der Waals surface area contributed by atoms with E-state index in [2.05, 4.69) is 10.3 Å². The maximum atomic E-state index is 11.9. The van der Waals surface area contributed by atoms with Crippen LogP contribution in [0.2, 0.25) is 0 Å². The second-order valence-electron chi connectivity index (χ2n) is 4.61. The highest BCUT2D eigenvalue weighted by molar-refractivity contribution is 5.76. The van der Waals surface area contributed by atoms with Crippen molar-refractivity contribution in [3.63, 3.8) is 0 Å². The van der Waals surface area contributed by atoms with Crippen molar-refractivity contribution in [2.75, 3.05) is 20.6 Å². The Morgan fingerprint density at radius 2 is 2.32 bits per heavy atom. The molecule has 0 fully saturated rings. The van der Waals surface area contributed by atoms with Crippen molar-refractivity contribution in [2.45, 2.75) is 19.4 Å². The highest BCUT2D eigenvalue weighted by Gasteiger charge is 2.09. The first kappa shape index (κ1) is 13.5. The largest absolute Gasteiger partial charge is 0.443 e. The summed E-state index contributed by atoms with van der Waals surface area (Å²) < 4.78 is 5.26. The zero-order valence-corrected chi connectivity index (χ0v) is 11.3. The fourth-order valence-corrected chi connectivity index (χ4v) is 1.97. The molecule has 0 saturated carbocycles. The molecule has 5 heteroatoms. The summed E-state index contributed by atoms with van der Waals surface area (Å²) in [5, 5.41) is 3.04. The summed E-state index contributed by atoms with van der Waals surface area (Å²) in [6, 6.07) is 5.81. The molecule has 0 aliphatic rings. The summed E-state index contributed by atoms with van der Waals surface area (Å²) in [5.74, 6) is 0.160. The summed E-state index contributed by atoms with van der Waals surface area (Å²) in [5.41, 5.74) is 2.65. The summed E-state index contributed by atoms with van der Waals surface area (Å²) in [6.45, 7) is 1.46. The molecule has 0 spiro atoms. The Balaban J connectivity index is 1.93. The molecule has 0 radical (unpaired) electrons. The predicted octanol–water partition coefficient (Wildman–Crippen LogP) is 1.79. The average Bonchev–Trinajstić information content (AvgIpc) is 2.86. The molecule has 1 heterocycles. The van der Waals surface area contributed by atoms with E-state index in [1.807, 2.05) is 32.3 Å². The quantitative estimate of drug-likeness (QED) is 0.805. The Labute approximate surface area is 112 Å². The van der Waals surface area contributed by atoms with Gasteiger partial charge in [-0.3, -0.25) is 4.79 Å². The Morgan fingerprint density at radius 1 is 1.47 bits per heavy atom. The van der Waals surface area contributed by atoms with Crippen LogP contribution in [0.5, 0.6) is 0 Å². The Bertz CT molecular complexity index is 550. The monoisotopic (exact) mass is 261 g/mol. The molecule has 0 bridgehead atoms. The van der Waals surface area contributed by atoms with Crippen LogP contribution in [0.3, 0.4) is 0 Å². The number of carbonyl (C=O) groups excluding carboxylic acids is 1. The number of amides is 1. The number of rotatable bonds is 6. The first-order chi connectivity index (χ1) is 9.20. The molecule has 2 aromatic rings. The van der Waals surface area contributed by atoms with Crippen molar-refractivity contribution in [2.24, 2.45) is 0 Å². The Hall–Kier alpha value is -1.88. The normalized spacial score (nSPS) is 10.8. The standard InChI is InChI=1S/C14H19N3O2/c1-15-7-3-4-14(18)17(2)9-11-5-6-12-13(8-11)19-10-16-12/h5-6,8,10,15H,3-4,7,9H2,1-2H3. The number of benzene rings is 1. The number of carbonyl (C=O) groups is 1. The van der Waals surface area contributed by atoms with E-state index in [0.29, 0.717) is 13.0 Å². The summed E-state index contributed by atoms with van der Waals surface area (Å²) in [7, 11) is 3.72. The van der Waals surface area contributed by atoms with Crippen molar-refractivity contribution in [3.8, 4) is 0 Å². The van der Waals surface area contributed by atoms with E-state index in [1.54, 1.807) is 4.90 Å². The van der Waals surface area contributed by atoms with Gasteiger partial charge in [-0.15, -0.1) is 0 Å². The van der Waals surface area contributed by atoms with E-state index in [-0.39, 0.29) is 5.91 Å². The SMILES string of the molecule is CNCCCC(=O)N(C)Cc1ccc2ncoc2c1. The molecule has 2 rings (SSSR count). The molecule has 0 aliphatic heterocycles. The highest BCUT2D eigenvalue weighted by Crippen LogP contribution is 2.15. The lowest BCUT2D eigenvalue weighted by atomic mass is 10.2. The minimum absolute atomic E-state index is 0.160. The Morgan fingerprint density at radius 3 is 3.11 bits per heavy atom. The minimum Gasteiger partial charge on any atom is -0.443 e. The van der Waals surface area contributed by atoms with Crippen LogP contribution in [0, 0.1) is 0 Å². The van der Waals surface area contributed by atoms with Gasteiger partial charge in [-0.05, 0) is 37.7 Å². The maximum Gasteiger partial charge on any atom is 0.222 e. The van der Waals surface area contributed by atoms with Crippen LogP contribution in [0.4, 0.5) is 0 Å². The first-order valence-corrected chi connectivity index (χ1v) is 6.41. The van der Waals surface area contributed by atoms with Crippen LogP contribution >= 0.6 is 0 Å². The number of hydrogen-bond donors (Lipinski definition) is 1. The van der Waals surface area contributed by atoms with Gasteiger partial charge in [-0.25, -0.2) is 4.98 Å². The van der Waals surface area contributed by atoms with Gasteiger partial charge >= 0.3 is 0 Å². The van der Waals surface area contributed by atoms with Crippen molar-refractivity contribution in [1.82, 2.24) is 15.2 Å². The average molecular weight is 261 g/mol. The fourth-order valence-electron chi connectivity index (χ4n) is 1.97. The van der Waals surface area contributed by atoms with Crippen LogP contribution in [-0.4, -0.2) is 36.4 Å². The number of nitrogens with zero attached hydrogens (tertiary/aromatic N) is 2. The zero-order chi connectivity index (χ0) is 13.7. The zero-order valence-electron chi connectivity index (χ0n) is 11.3. The fraction of sp³-hybridized carbons (Fsp3) is 0.429. The van der Waals surface area contributed by atoms with Gasteiger partial charge in [-0.2, -0.15) is 0 Å². The Kier molecular flexibility index (Phi) is 4.52. The lowest BCUT2D eigenvalue weighted by molar-refractivity contribution is -0.130. The van der Waals surface area contributed by atoms with Gasteiger partial charge in [0.05, 0.1) is 0 Å². The molecule has 0 saturated heterocycles. The van der Waals surface area contributed by atoms with Crippen LogP contribution in [0.15, 0.2) is 29.0 Å². The lowest BCUT2D eigenvalue weighted by Crippen LogP contribution is -2.26. The van der Waals surface area contributed by atoms with Gasteiger partial charge in [0.15, 0.2) is 12.0 Å². The molecule has 102 valence electrons. The van der Waals surface area contributed by atoms with Gasteiger partial charge in [0.2, 0.25) is 5.91 Å². The third-order valence-corrected chi connectivity index (χ3v) is 3.06. The van der Waals surface area contributed by atoms with Gasteiger partial charge < -0.3 is 14.6 Å². The van der Waals surface area contributed by atoms with Crippen LogP contribution < -0.4 is 5.32 Å². The van der Waals surface area contributed by atoms with Gasteiger partial charge in [0, 0.05) is 20.0 Å². The molecule has 0 unspecified atom stereocenters. The van der Waals surface area contributed by atoms with Crippen LogP contribution in [0.1, 0.15) is 18.4 Å². The van der Waals surface area contributed by atoms with E-state index in [9.17, 15) is 4.79 Å². The minimum atomic E-state index is 0.160. The first-order valence-electron chi connectivity index (χ1n) is 6.41. The molecule has 5 nitrogen and oxygen atoms in total. The molecule has 1 amide bonds. The lowest BCUT2D eigenvalue weighted by Gasteiger charge is -2.17. The van der Waals surface area contributed by atoms with Crippen molar-refractivity contribution in [3.05, 3.63) is 30.2 Å². The van der Waals surface area contributed by atoms with Gasteiger partial charge in [-0.1, -0.05) is 6.07 Å². The number of oxazole rings is 1. The third-order valence-electron chi connectivity index (χ3n) is 3.06. The second-order valence-corrected chi connectivity index (χ2v) is 4.61. The number of aromatic nitrogens is 1. The molecular formula is C14H19N3O2. The van der Waals surface area contributed by atoms with Crippen LogP contribution in [0.25, 0.3) is 11.1 Å². The third kappa shape index (κ3) is 3.54.